The van der Waals surface area contributed by atoms with Crippen LogP contribution in [0.2, 0.25) is 0 Å². The van der Waals surface area contributed by atoms with Crippen molar-refractivity contribution in [2.45, 2.75) is 32.3 Å². The summed E-state index contributed by atoms with van der Waals surface area (Å²) in [5.74, 6) is 0.226. The van der Waals surface area contributed by atoms with Gasteiger partial charge in [0.1, 0.15) is 0 Å². The zero-order valence-electron chi connectivity index (χ0n) is 10.8. The van der Waals surface area contributed by atoms with Gasteiger partial charge in [-0.1, -0.05) is 6.92 Å². The third kappa shape index (κ3) is 2.33. The van der Waals surface area contributed by atoms with Crippen LogP contribution < -0.4 is 5.73 Å². The van der Waals surface area contributed by atoms with Crippen LogP contribution in [0.4, 0.5) is 5.69 Å². The highest BCUT2D eigenvalue weighted by molar-refractivity contribution is 5.97. The summed E-state index contributed by atoms with van der Waals surface area (Å²) in [6, 6.07) is 0. The van der Waals surface area contributed by atoms with Crippen molar-refractivity contribution in [3.8, 4) is 0 Å². The van der Waals surface area contributed by atoms with Crippen molar-refractivity contribution in [1.82, 2.24) is 15.1 Å². The number of nitrogens with one attached hydrogen (secondary N) is 1. The number of aromatic nitrogens is 2. The Morgan fingerprint density at radius 1 is 1.61 bits per heavy atom. The number of hydrogen-bond acceptors (Lipinski definition) is 4. The van der Waals surface area contributed by atoms with Gasteiger partial charge >= 0.3 is 0 Å². The molecule has 0 spiro atoms. The summed E-state index contributed by atoms with van der Waals surface area (Å²) in [7, 11) is 1.74. The third-order valence-corrected chi connectivity index (χ3v) is 3.53. The molecule has 1 aromatic heterocycles. The van der Waals surface area contributed by atoms with E-state index in [0.717, 1.165) is 25.0 Å². The first-order valence-electron chi connectivity index (χ1n) is 6.29. The summed E-state index contributed by atoms with van der Waals surface area (Å²) in [5, 5.41) is 16.0. The Hall–Kier alpha value is -1.56. The molecular formula is C12H20N4O2. The Kier molecular flexibility index (Phi) is 3.56. The second-order valence-electron chi connectivity index (χ2n) is 4.99. The van der Waals surface area contributed by atoms with Gasteiger partial charge in [-0.3, -0.25) is 9.89 Å². The van der Waals surface area contributed by atoms with Crippen LogP contribution in [0.1, 0.15) is 35.9 Å². The molecule has 0 bridgehead atoms. The van der Waals surface area contributed by atoms with Gasteiger partial charge in [0.2, 0.25) is 0 Å². The maximum absolute atomic E-state index is 12.2. The molecule has 6 nitrogen and oxygen atoms in total. The number of aromatic amines is 1. The van der Waals surface area contributed by atoms with Crippen molar-refractivity contribution < 1.29 is 9.90 Å². The summed E-state index contributed by atoms with van der Waals surface area (Å²) in [6.45, 7) is 2.60. The molecule has 1 aliphatic carbocycles. The summed E-state index contributed by atoms with van der Waals surface area (Å²) in [4.78, 5) is 13.8. The number of amides is 1. The van der Waals surface area contributed by atoms with Gasteiger partial charge in [0, 0.05) is 13.6 Å². The molecule has 1 fully saturated rings. The molecule has 0 saturated heterocycles. The Morgan fingerprint density at radius 2 is 2.28 bits per heavy atom. The smallest absolute Gasteiger partial charge is 0.276 e. The Morgan fingerprint density at radius 3 is 2.78 bits per heavy atom. The fourth-order valence-electron chi connectivity index (χ4n) is 2.32. The zero-order valence-corrected chi connectivity index (χ0v) is 10.8. The fraction of sp³-hybridized carbons (Fsp3) is 0.667. The molecule has 100 valence electrons. The van der Waals surface area contributed by atoms with Crippen LogP contribution in [0, 0.1) is 5.92 Å². The predicted molar refractivity (Wildman–Crippen MR) is 68.1 cm³/mol. The summed E-state index contributed by atoms with van der Waals surface area (Å²) in [5.41, 5.74) is 7.42. The van der Waals surface area contributed by atoms with Gasteiger partial charge in [-0.2, -0.15) is 5.10 Å². The number of aryl methyl sites for hydroxylation is 1. The first-order valence-corrected chi connectivity index (χ1v) is 6.29. The molecule has 1 aliphatic rings. The number of nitrogens with two attached hydrogens (primary N) is 1. The van der Waals surface area contributed by atoms with Crippen molar-refractivity contribution in [2.75, 3.05) is 19.3 Å². The number of aliphatic hydroxyl groups is 1. The molecule has 1 saturated carbocycles. The minimum absolute atomic E-state index is 0.162. The van der Waals surface area contributed by atoms with Crippen molar-refractivity contribution >= 4 is 11.6 Å². The van der Waals surface area contributed by atoms with E-state index in [4.69, 9.17) is 5.73 Å². The van der Waals surface area contributed by atoms with Crippen molar-refractivity contribution in [1.29, 1.82) is 0 Å². The molecule has 1 amide bonds. The first-order chi connectivity index (χ1) is 8.52. The largest absolute Gasteiger partial charge is 0.395 e. The van der Waals surface area contributed by atoms with Crippen LogP contribution in [0.25, 0.3) is 0 Å². The highest BCUT2D eigenvalue weighted by Crippen LogP contribution is 2.28. The number of carbonyl (C=O) groups excluding carboxylic acids is 1. The molecule has 0 unspecified atom stereocenters. The van der Waals surface area contributed by atoms with E-state index in [1.54, 1.807) is 11.9 Å². The summed E-state index contributed by atoms with van der Waals surface area (Å²) < 4.78 is 0. The van der Waals surface area contributed by atoms with E-state index in [1.807, 2.05) is 6.92 Å². The highest BCUT2D eigenvalue weighted by atomic mass is 16.3. The molecule has 18 heavy (non-hydrogen) atoms. The summed E-state index contributed by atoms with van der Waals surface area (Å²) in [6.07, 6.45) is 2.08. The summed E-state index contributed by atoms with van der Waals surface area (Å²) >= 11 is 0. The highest BCUT2D eigenvalue weighted by Gasteiger charge is 2.30. The van der Waals surface area contributed by atoms with E-state index in [1.165, 1.54) is 0 Å². The molecule has 1 aromatic rings. The van der Waals surface area contributed by atoms with Crippen LogP contribution in [0.3, 0.4) is 0 Å². The molecule has 0 radical (unpaired) electrons. The van der Waals surface area contributed by atoms with Crippen LogP contribution in [-0.2, 0) is 6.42 Å². The minimum Gasteiger partial charge on any atom is -0.395 e. The molecule has 1 heterocycles. The molecule has 2 rings (SSSR count). The van der Waals surface area contributed by atoms with Gasteiger partial charge < -0.3 is 15.7 Å². The Balaban J connectivity index is 1.99. The number of H-pyrrole nitrogens is 1. The maximum Gasteiger partial charge on any atom is 0.276 e. The Bertz CT molecular complexity index is 437. The first kappa shape index (κ1) is 12.9. The monoisotopic (exact) mass is 252 g/mol. The number of hydrogen-bond donors (Lipinski definition) is 3. The van der Waals surface area contributed by atoms with Crippen LogP contribution >= 0.6 is 0 Å². The van der Waals surface area contributed by atoms with Gasteiger partial charge in [-0.05, 0) is 25.2 Å². The number of carbonyl (C=O) groups is 1. The third-order valence-electron chi connectivity index (χ3n) is 3.53. The van der Waals surface area contributed by atoms with Gasteiger partial charge in [0.25, 0.3) is 5.91 Å². The van der Waals surface area contributed by atoms with Crippen molar-refractivity contribution in [2.24, 2.45) is 5.92 Å². The lowest BCUT2D eigenvalue weighted by Gasteiger charge is -2.34. The van der Waals surface area contributed by atoms with Crippen molar-refractivity contribution in [3.63, 3.8) is 0 Å². The standard InChI is InChI=1S/C12H20N4O2/c1-3-9-10(13)11(15-14-9)12(18)16(2)6-7-4-8(17)5-7/h7-8,17H,3-6,13H2,1-2H3,(H,14,15). The van der Waals surface area contributed by atoms with Gasteiger partial charge in [-0.25, -0.2) is 0 Å². The molecule has 6 heteroatoms. The van der Waals surface area contributed by atoms with Crippen LogP contribution in [0.15, 0.2) is 0 Å². The number of nitrogen functional groups attached to an aromatic ring is 1. The topological polar surface area (TPSA) is 95.2 Å². The average molecular weight is 252 g/mol. The number of aliphatic hydroxyl groups excluding tert-OH is 1. The van der Waals surface area contributed by atoms with E-state index < -0.39 is 0 Å². The van der Waals surface area contributed by atoms with E-state index in [2.05, 4.69) is 10.2 Å². The second-order valence-corrected chi connectivity index (χ2v) is 4.99. The predicted octanol–water partition coefficient (Wildman–Crippen LogP) is 0.397. The van der Waals surface area contributed by atoms with Gasteiger partial charge in [0.15, 0.2) is 5.69 Å². The average Bonchev–Trinajstić information content (AvgIpc) is 2.67. The van der Waals surface area contributed by atoms with E-state index >= 15 is 0 Å². The van der Waals surface area contributed by atoms with E-state index in [0.29, 0.717) is 23.8 Å². The molecule has 4 N–H and O–H groups in total. The normalized spacial score (nSPS) is 22.6. The lowest BCUT2D eigenvalue weighted by molar-refractivity contribution is 0.0264. The fourth-order valence-corrected chi connectivity index (χ4v) is 2.32. The van der Waals surface area contributed by atoms with Crippen molar-refractivity contribution in [3.05, 3.63) is 11.4 Å². The maximum atomic E-state index is 12.2. The molecule has 0 atom stereocenters. The lowest BCUT2D eigenvalue weighted by atomic mass is 9.82. The number of anilines is 1. The molecular weight excluding hydrogens is 232 g/mol. The second kappa shape index (κ2) is 4.97. The van der Waals surface area contributed by atoms with E-state index in [-0.39, 0.29) is 12.0 Å². The van der Waals surface area contributed by atoms with Gasteiger partial charge in [0.05, 0.1) is 17.5 Å². The minimum atomic E-state index is -0.194. The quantitative estimate of drug-likeness (QED) is 0.722. The SMILES string of the molecule is CCc1[nH]nc(C(=O)N(C)CC2CC(O)C2)c1N. The van der Waals surface area contributed by atoms with Gasteiger partial charge in [-0.15, -0.1) is 0 Å². The number of nitrogens with zero attached hydrogens (tertiary/aromatic N) is 2. The Labute approximate surface area is 106 Å². The lowest BCUT2D eigenvalue weighted by Crippen LogP contribution is -2.39. The molecule has 0 aromatic carbocycles. The van der Waals surface area contributed by atoms with Crippen LogP contribution in [0.5, 0.6) is 0 Å². The van der Waals surface area contributed by atoms with Crippen LogP contribution in [-0.4, -0.2) is 45.8 Å². The van der Waals surface area contributed by atoms with E-state index in [9.17, 15) is 9.90 Å². The zero-order chi connectivity index (χ0) is 13.3. The molecule has 0 aliphatic heterocycles. The number of rotatable bonds is 4.